The molecule has 3 rings (SSSR count). The minimum absolute atomic E-state index is 0.00209. The minimum Gasteiger partial charge on any atom is -0.349 e. The van der Waals surface area contributed by atoms with Crippen LogP contribution >= 0.6 is 0 Å². The van der Waals surface area contributed by atoms with Crippen molar-refractivity contribution in [3.05, 3.63) is 71.8 Å². The van der Waals surface area contributed by atoms with Crippen LogP contribution in [-0.2, 0) is 15.0 Å². The molecule has 2 aromatic carbocycles. The third-order valence-corrected chi connectivity index (χ3v) is 5.55. The summed E-state index contributed by atoms with van der Waals surface area (Å²) in [5.41, 5.74) is 2.30. The second-order valence-electron chi connectivity index (χ2n) is 7.52. The molecule has 4 nitrogen and oxygen atoms in total. The lowest BCUT2D eigenvalue weighted by atomic mass is 9.69. The third-order valence-electron chi connectivity index (χ3n) is 5.55. The number of carbonyl (C=O) groups is 2. The Morgan fingerprint density at radius 2 is 1.48 bits per heavy atom. The van der Waals surface area contributed by atoms with E-state index in [1.165, 1.54) is 11.1 Å². The fraction of sp³-hybridized carbons (Fsp3) is 0.391. The first kappa shape index (κ1) is 19.2. The molecule has 1 saturated heterocycles. The van der Waals surface area contributed by atoms with Crippen molar-refractivity contribution in [3.63, 3.8) is 0 Å². The number of hydrogen-bond donors (Lipinski definition) is 0. The molecule has 0 N–H and O–H groups in total. The molecular weight excluding hydrogens is 336 g/mol. The summed E-state index contributed by atoms with van der Waals surface area (Å²) >= 11 is 0. The summed E-state index contributed by atoms with van der Waals surface area (Å²) in [6, 6.07) is 21.0. The van der Waals surface area contributed by atoms with Crippen molar-refractivity contribution < 1.29 is 9.59 Å². The summed E-state index contributed by atoms with van der Waals surface area (Å²) in [5.74, 6) is 0.0684. The summed E-state index contributed by atoms with van der Waals surface area (Å²) in [4.78, 5) is 28.2. The highest BCUT2D eigenvalue weighted by atomic mass is 16.2. The number of piperidine rings is 1. The number of hydrogen-bond acceptors (Lipinski definition) is 2. The first-order valence-electron chi connectivity index (χ1n) is 9.62. The quantitative estimate of drug-likeness (QED) is 0.815. The molecule has 0 saturated carbocycles. The highest BCUT2D eigenvalue weighted by Gasteiger charge is 2.39. The number of carbonyl (C=O) groups excluding carboxylic acids is 2. The van der Waals surface area contributed by atoms with Crippen LogP contribution in [0.1, 0.15) is 36.8 Å². The topological polar surface area (TPSA) is 40.6 Å². The Labute approximate surface area is 161 Å². The normalized spacial score (nSPS) is 16.0. The Hall–Kier alpha value is -2.62. The summed E-state index contributed by atoms with van der Waals surface area (Å²) in [5, 5.41) is 0. The first-order valence-corrected chi connectivity index (χ1v) is 9.62. The molecule has 0 unspecified atom stereocenters. The first-order chi connectivity index (χ1) is 13.0. The molecule has 27 heavy (non-hydrogen) atoms. The number of amides is 2. The molecule has 0 radical (unpaired) electrons. The molecule has 1 fully saturated rings. The molecule has 1 aliphatic heterocycles. The van der Waals surface area contributed by atoms with E-state index in [4.69, 9.17) is 0 Å². The standard InChI is InChI=1S/C23H28N2O2/c1-24(2)21(26)14-15-22(27)25-17-9-16-23(18-25,19-10-5-3-6-11-19)20-12-7-4-8-13-20/h3-8,10-13H,9,14-18H2,1-2H3. The molecule has 142 valence electrons. The van der Waals surface area contributed by atoms with E-state index < -0.39 is 0 Å². The van der Waals surface area contributed by atoms with Gasteiger partial charge in [0.1, 0.15) is 0 Å². The molecule has 4 heteroatoms. The Bertz CT molecular complexity index is 732. The minimum atomic E-state index is -0.192. The summed E-state index contributed by atoms with van der Waals surface area (Å²) in [6.45, 7) is 1.42. The number of rotatable bonds is 5. The van der Waals surface area contributed by atoms with Gasteiger partial charge < -0.3 is 9.80 Å². The van der Waals surface area contributed by atoms with E-state index in [0.717, 1.165) is 19.4 Å². The molecular formula is C23H28N2O2. The molecule has 1 heterocycles. The smallest absolute Gasteiger partial charge is 0.223 e. The van der Waals surface area contributed by atoms with Gasteiger partial charge in [-0.25, -0.2) is 0 Å². The number of benzene rings is 2. The van der Waals surface area contributed by atoms with E-state index in [-0.39, 0.29) is 30.1 Å². The van der Waals surface area contributed by atoms with Crippen LogP contribution < -0.4 is 0 Å². The van der Waals surface area contributed by atoms with E-state index >= 15 is 0 Å². The molecule has 0 aliphatic carbocycles. The van der Waals surface area contributed by atoms with Crippen LogP contribution in [0.15, 0.2) is 60.7 Å². The van der Waals surface area contributed by atoms with Gasteiger partial charge in [-0.15, -0.1) is 0 Å². The van der Waals surface area contributed by atoms with Gasteiger partial charge in [-0.1, -0.05) is 60.7 Å². The molecule has 2 amide bonds. The lowest BCUT2D eigenvalue weighted by molar-refractivity contribution is -0.137. The maximum atomic E-state index is 12.8. The zero-order chi connectivity index (χ0) is 19.3. The van der Waals surface area contributed by atoms with Gasteiger partial charge in [0.05, 0.1) is 0 Å². The van der Waals surface area contributed by atoms with Gasteiger partial charge in [0.2, 0.25) is 11.8 Å². The van der Waals surface area contributed by atoms with Gasteiger partial charge in [-0.2, -0.15) is 0 Å². The lowest BCUT2D eigenvalue weighted by Gasteiger charge is -2.44. The van der Waals surface area contributed by atoms with Gasteiger partial charge in [-0.05, 0) is 24.0 Å². The Morgan fingerprint density at radius 3 is 2.00 bits per heavy atom. The maximum absolute atomic E-state index is 12.8. The summed E-state index contributed by atoms with van der Waals surface area (Å²) in [6.07, 6.45) is 2.52. The van der Waals surface area contributed by atoms with Crippen molar-refractivity contribution in [1.82, 2.24) is 9.80 Å². The fourth-order valence-corrected chi connectivity index (χ4v) is 4.02. The van der Waals surface area contributed by atoms with Crippen LogP contribution in [0.25, 0.3) is 0 Å². The van der Waals surface area contributed by atoms with E-state index in [1.807, 2.05) is 17.0 Å². The van der Waals surface area contributed by atoms with Crippen LogP contribution in [0.3, 0.4) is 0 Å². The van der Waals surface area contributed by atoms with Gasteiger partial charge in [-0.3, -0.25) is 9.59 Å². The lowest BCUT2D eigenvalue weighted by Crippen LogP contribution is -2.49. The Kier molecular flexibility index (Phi) is 5.94. The fourth-order valence-electron chi connectivity index (χ4n) is 4.02. The van der Waals surface area contributed by atoms with Gasteiger partial charge >= 0.3 is 0 Å². The van der Waals surface area contributed by atoms with Crippen molar-refractivity contribution in [3.8, 4) is 0 Å². The van der Waals surface area contributed by atoms with Crippen LogP contribution in [-0.4, -0.2) is 48.8 Å². The average Bonchev–Trinajstić information content (AvgIpc) is 2.73. The monoisotopic (exact) mass is 364 g/mol. The molecule has 0 bridgehead atoms. The van der Waals surface area contributed by atoms with Gasteiger partial charge in [0.25, 0.3) is 0 Å². The van der Waals surface area contributed by atoms with E-state index in [1.54, 1.807) is 19.0 Å². The van der Waals surface area contributed by atoms with Gasteiger partial charge in [0.15, 0.2) is 0 Å². The van der Waals surface area contributed by atoms with Crippen LogP contribution in [0.5, 0.6) is 0 Å². The second-order valence-corrected chi connectivity index (χ2v) is 7.52. The van der Waals surface area contributed by atoms with Crippen molar-refractivity contribution in [1.29, 1.82) is 0 Å². The zero-order valence-electron chi connectivity index (χ0n) is 16.2. The predicted octanol–water partition coefficient (Wildman–Crippen LogP) is 3.46. The van der Waals surface area contributed by atoms with Crippen molar-refractivity contribution in [2.75, 3.05) is 27.2 Å². The van der Waals surface area contributed by atoms with Crippen molar-refractivity contribution in [2.24, 2.45) is 0 Å². The molecule has 2 aromatic rings. The Morgan fingerprint density at radius 1 is 0.926 bits per heavy atom. The van der Waals surface area contributed by atoms with Crippen LogP contribution in [0.4, 0.5) is 0 Å². The average molecular weight is 364 g/mol. The van der Waals surface area contributed by atoms with Crippen LogP contribution in [0, 0.1) is 0 Å². The number of nitrogens with zero attached hydrogens (tertiary/aromatic N) is 2. The number of likely N-dealkylation sites (tertiary alicyclic amines) is 1. The van der Waals surface area contributed by atoms with E-state index in [0.29, 0.717) is 6.54 Å². The predicted molar refractivity (Wildman–Crippen MR) is 107 cm³/mol. The van der Waals surface area contributed by atoms with Crippen molar-refractivity contribution >= 4 is 11.8 Å². The van der Waals surface area contributed by atoms with E-state index in [2.05, 4.69) is 48.5 Å². The molecule has 1 aliphatic rings. The van der Waals surface area contributed by atoms with Crippen LogP contribution in [0.2, 0.25) is 0 Å². The Balaban J connectivity index is 1.85. The summed E-state index contributed by atoms with van der Waals surface area (Å²) in [7, 11) is 3.45. The highest BCUT2D eigenvalue weighted by Crippen LogP contribution is 2.40. The largest absolute Gasteiger partial charge is 0.349 e. The molecule has 0 spiro atoms. The maximum Gasteiger partial charge on any atom is 0.223 e. The molecule has 0 atom stereocenters. The van der Waals surface area contributed by atoms with E-state index in [9.17, 15) is 9.59 Å². The third kappa shape index (κ3) is 4.21. The van der Waals surface area contributed by atoms with Gasteiger partial charge in [0, 0.05) is 45.4 Å². The van der Waals surface area contributed by atoms with Crippen molar-refractivity contribution in [2.45, 2.75) is 31.1 Å². The second kappa shape index (κ2) is 8.38. The summed E-state index contributed by atoms with van der Waals surface area (Å²) < 4.78 is 0. The zero-order valence-corrected chi connectivity index (χ0v) is 16.2. The SMILES string of the molecule is CN(C)C(=O)CCC(=O)N1CCCC(c2ccccc2)(c2ccccc2)C1. The molecule has 0 aromatic heterocycles. The highest BCUT2D eigenvalue weighted by molar-refractivity contribution is 5.83.